The first kappa shape index (κ1) is 21.7. The van der Waals surface area contributed by atoms with Crippen molar-refractivity contribution in [2.45, 2.75) is 30.3 Å². The fraction of sp³-hybridized carbons (Fsp3) is 0.174. The summed E-state index contributed by atoms with van der Waals surface area (Å²) in [6.07, 6.45) is 0.175. The zero-order valence-electron chi connectivity index (χ0n) is 16.5. The molecule has 0 aromatic heterocycles. The van der Waals surface area contributed by atoms with Gasteiger partial charge in [-0.15, -0.1) is 0 Å². The number of hydrogen-bond donors (Lipinski definition) is 2. The van der Waals surface area contributed by atoms with Crippen LogP contribution in [0.4, 0.5) is 4.39 Å². The molecular formula is C23H23FN2O3S. The zero-order chi connectivity index (χ0) is 21.6. The van der Waals surface area contributed by atoms with E-state index in [4.69, 9.17) is 0 Å². The largest absolute Gasteiger partial charge is 0.348 e. The zero-order valence-corrected chi connectivity index (χ0v) is 17.3. The van der Waals surface area contributed by atoms with Gasteiger partial charge in [-0.25, -0.2) is 12.8 Å². The minimum absolute atomic E-state index is 0.106. The Balaban J connectivity index is 1.82. The van der Waals surface area contributed by atoms with Gasteiger partial charge in [0.1, 0.15) is 11.9 Å². The van der Waals surface area contributed by atoms with E-state index in [9.17, 15) is 17.6 Å². The standard InChI is InChI=1S/C23H23FN2O3S/c1-17(19-10-6-3-7-11-19)25-23(27)22(16-18-8-4-2-5-9-18)26-30(28,29)21-14-12-20(24)13-15-21/h2-15,17,22,26H,16H2,1H3,(H,25,27)/t17-,22+/m0/s1. The van der Waals surface area contributed by atoms with Crippen LogP contribution in [0.1, 0.15) is 24.1 Å². The van der Waals surface area contributed by atoms with Crippen LogP contribution in [0.2, 0.25) is 0 Å². The maximum atomic E-state index is 13.2. The minimum atomic E-state index is -4.02. The fourth-order valence-electron chi connectivity index (χ4n) is 3.05. The first-order chi connectivity index (χ1) is 14.3. The highest BCUT2D eigenvalue weighted by atomic mass is 32.2. The summed E-state index contributed by atoms with van der Waals surface area (Å²) in [5.74, 6) is -0.981. The van der Waals surface area contributed by atoms with Crippen LogP contribution in [0.5, 0.6) is 0 Å². The Morgan fingerprint density at radius 2 is 1.47 bits per heavy atom. The number of hydrogen-bond acceptors (Lipinski definition) is 3. The molecule has 3 aromatic carbocycles. The van der Waals surface area contributed by atoms with Crippen LogP contribution < -0.4 is 10.0 Å². The molecule has 0 heterocycles. The van der Waals surface area contributed by atoms with E-state index in [2.05, 4.69) is 10.0 Å². The lowest BCUT2D eigenvalue weighted by atomic mass is 10.0. The highest BCUT2D eigenvalue weighted by Gasteiger charge is 2.27. The smallest absolute Gasteiger partial charge is 0.241 e. The molecule has 3 aromatic rings. The summed E-state index contributed by atoms with van der Waals surface area (Å²) in [6, 6.07) is 21.7. The number of carbonyl (C=O) groups excluding carboxylic acids is 1. The number of nitrogens with one attached hydrogen (secondary N) is 2. The lowest BCUT2D eigenvalue weighted by molar-refractivity contribution is -0.123. The fourth-order valence-corrected chi connectivity index (χ4v) is 4.24. The monoisotopic (exact) mass is 426 g/mol. The Morgan fingerprint density at radius 1 is 0.900 bits per heavy atom. The van der Waals surface area contributed by atoms with Crippen molar-refractivity contribution in [2.75, 3.05) is 0 Å². The highest BCUT2D eigenvalue weighted by molar-refractivity contribution is 7.89. The quantitative estimate of drug-likeness (QED) is 0.578. The normalized spacial score (nSPS) is 13.4. The Hall–Kier alpha value is -3.03. The van der Waals surface area contributed by atoms with Crippen LogP contribution in [0.25, 0.3) is 0 Å². The van der Waals surface area contributed by atoms with Gasteiger partial charge in [0, 0.05) is 0 Å². The molecule has 0 bridgehead atoms. The van der Waals surface area contributed by atoms with Gasteiger partial charge in [-0.2, -0.15) is 4.72 Å². The predicted octanol–water partition coefficient (Wildman–Crippen LogP) is 3.59. The molecule has 2 N–H and O–H groups in total. The first-order valence-electron chi connectivity index (χ1n) is 9.52. The first-order valence-corrected chi connectivity index (χ1v) is 11.0. The summed E-state index contributed by atoms with van der Waals surface area (Å²) in [4.78, 5) is 12.9. The summed E-state index contributed by atoms with van der Waals surface area (Å²) in [7, 11) is -4.02. The number of rotatable bonds is 8. The molecule has 5 nitrogen and oxygen atoms in total. The van der Waals surface area contributed by atoms with E-state index in [1.807, 2.05) is 67.6 Å². The third kappa shape index (κ3) is 5.75. The van der Waals surface area contributed by atoms with Crippen LogP contribution in [0.15, 0.2) is 89.8 Å². The van der Waals surface area contributed by atoms with Gasteiger partial charge >= 0.3 is 0 Å². The average Bonchev–Trinajstić information content (AvgIpc) is 2.74. The van der Waals surface area contributed by atoms with E-state index in [-0.39, 0.29) is 17.4 Å². The van der Waals surface area contributed by atoms with Crippen molar-refractivity contribution in [3.8, 4) is 0 Å². The SMILES string of the molecule is C[C@H](NC(=O)[C@@H](Cc1ccccc1)NS(=O)(=O)c1ccc(F)cc1)c1ccccc1. The Bertz CT molecular complexity index is 1070. The topological polar surface area (TPSA) is 75.3 Å². The molecule has 0 aliphatic rings. The molecule has 0 saturated heterocycles. The van der Waals surface area contributed by atoms with Crippen LogP contribution in [0.3, 0.4) is 0 Å². The van der Waals surface area contributed by atoms with E-state index in [0.717, 1.165) is 23.3 Å². The summed E-state index contributed by atoms with van der Waals surface area (Å²) in [5.41, 5.74) is 1.72. The van der Waals surface area contributed by atoms with Gasteiger partial charge in [0.25, 0.3) is 0 Å². The van der Waals surface area contributed by atoms with Crippen molar-refractivity contribution in [1.82, 2.24) is 10.0 Å². The van der Waals surface area contributed by atoms with Gasteiger partial charge in [0.05, 0.1) is 10.9 Å². The van der Waals surface area contributed by atoms with Crippen LogP contribution in [0, 0.1) is 5.82 Å². The van der Waals surface area contributed by atoms with Crippen molar-refractivity contribution >= 4 is 15.9 Å². The van der Waals surface area contributed by atoms with Gasteiger partial charge in [-0.05, 0) is 48.7 Å². The van der Waals surface area contributed by atoms with E-state index < -0.39 is 27.8 Å². The van der Waals surface area contributed by atoms with Gasteiger partial charge in [-0.3, -0.25) is 4.79 Å². The number of sulfonamides is 1. The van der Waals surface area contributed by atoms with Gasteiger partial charge < -0.3 is 5.32 Å². The lowest BCUT2D eigenvalue weighted by Gasteiger charge is -2.22. The van der Waals surface area contributed by atoms with Crippen molar-refractivity contribution in [1.29, 1.82) is 0 Å². The molecule has 2 atom stereocenters. The maximum absolute atomic E-state index is 13.2. The van der Waals surface area contributed by atoms with Crippen LogP contribution in [-0.4, -0.2) is 20.4 Å². The van der Waals surface area contributed by atoms with E-state index in [1.165, 1.54) is 12.1 Å². The highest BCUT2D eigenvalue weighted by Crippen LogP contribution is 2.15. The third-order valence-electron chi connectivity index (χ3n) is 4.68. The van der Waals surface area contributed by atoms with E-state index in [1.54, 1.807) is 0 Å². The second kappa shape index (κ2) is 9.65. The second-order valence-electron chi connectivity index (χ2n) is 6.96. The van der Waals surface area contributed by atoms with Crippen molar-refractivity contribution in [3.05, 3.63) is 102 Å². The molecule has 0 aliphatic heterocycles. The molecule has 0 unspecified atom stereocenters. The van der Waals surface area contributed by atoms with Gasteiger partial charge in [0.15, 0.2) is 0 Å². The van der Waals surface area contributed by atoms with Gasteiger partial charge in [0.2, 0.25) is 15.9 Å². The van der Waals surface area contributed by atoms with Crippen molar-refractivity contribution in [2.24, 2.45) is 0 Å². The predicted molar refractivity (Wildman–Crippen MR) is 114 cm³/mol. The Kier molecular flexibility index (Phi) is 6.97. The number of halogens is 1. The minimum Gasteiger partial charge on any atom is -0.348 e. The summed E-state index contributed by atoms with van der Waals surface area (Å²) in [5, 5.41) is 2.87. The summed E-state index contributed by atoms with van der Waals surface area (Å²) < 4.78 is 41.2. The Morgan fingerprint density at radius 3 is 2.07 bits per heavy atom. The third-order valence-corrected chi connectivity index (χ3v) is 6.17. The van der Waals surface area contributed by atoms with Gasteiger partial charge in [-0.1, -0.05) is 60.7 Å². The number of amides is 1. The van der Waals surface area contributed by atoms with E-state index >= 15 is 0 Å². The second-order valence-corrected chi connectivity index (χ2v) is 8.67. The molecule has 156 valence electrons. The van der Waals surface area contributed by atoms with E-state index in [0.29, 0.717) is 0 Å². The molecule has 0 fully saturated rings. The molecule has 0 radical (unpaired) electrons. The van der Waals surface area contributed by atoms with Crippen LogP contribution >= 0.6 is 0 Å². The van der Waals surface area contributed by atoms with Crippen molar-refractivity contribution in [3.63, 3.8) is 0 Å². The molecular weight excluding hydrogens is 403 g/mol. The summed E-state index contributed by atoms with van der Waals surface area (Å²) in [6.45, 7) is 1.83. The molecule has 1 amide bonds. The maximum Gasteiger partial charge on any atom is 0.241 e. The molecule has 0 spiro atoms. The van der Waals surface area contributed by atoms with Crippen molar-refractivity contribution < 1.29 is 17.6 Å². The van der Waals surface area contributed by atoms with Crippen LogP contribution in [-0.2, 0) is 21.2 Å². The molecule has 7 heteroatoms. The Labute approximate surface area is 176 Å². The average molecular weight is 427 g/mol. The number of benzene rings is 3. The molecule has 3 rings (SSSR count). The summed E-state index contributed by atoms with van der Waals surface area (Å²) >= 11 is 0. The molecule has 0 aliphatic carbocycles. The lowest BCUT2D eigenvalue weighted by Crippen LogP contribution is -2.48. The molecule has 0 saturated carbocycles. The number of carbonyl (C=O) groups is 1. The molecule has 30 heavy (non-hydrogen) atoms.